The highest BCUT2D eigenvalue weighted by Crippen LogP contribution is 2.07. The molecule has 0 aliphatic carbocycles. The average molecular weight is 221 g/mol. The predicted molar refractivity (Wildman–Crippen MR) is 54.0 cm³/mol. The van der Waals surface area contributed by atoms with Gasteiger partial charge >= 0.3 is 5.97 Å². The zero-order chi connectivity index (χ0) is 11.7. The van der Waals surface area contributed by atoms with E-state index in [4.69, 9.17) is 5.11 Å². The molecule has 2 heterocycles. The van der Waals surface area contributed by atoms with Crippen molar-refractivity contribution in [2.24, 2.45) is 7.05 Å². The van der Waals surface area contributed by atoms with Crippen molar-refractivity contribution >= 4 is 5.97 Å². The monoisotopic (exact) mass is 221 g/mol. The van der Waals surface area contributed by atoms with Crippen LogP contribution in [0, 0.1) is 6.92 Å². The molecule has 0 saturated carbocycles. The van der Waals surface area contributed by atoms with Crippen LogP contribution in [-0.4, -0.2) is 35.4 Å². The second kappa shape index (κ2) is 3.76. The molecule has 0 aliphatic rings. The van der Waals surface area contributed by atoms with Gasteiger partial charge in [-0.15, -0.1) is 0 Å². The summed E-state index contributed by atoms with van der Waals surface area (Å²) in [6.45, 7) is 2.10. The number of imidazole rings is 1. The topological polar surface area (TPSA) is 85.8 Å². The van der Waals surface area contributed by atoms with Crippen LogP contribution in [0.4, 0.5) is 0 Å². The van der Waals surface area contributed by atoms with Crippen molar-refractivity contribution in [3.05, 3.63) is 29.9 Å². The van der Waals surface area contributed by atoms with Crippen LogP contribution in [0.1, 0.15) is 22.1 Å². The van der Waals surface area contributed by atoms with Crippen LogP contribution in [0.15, 0.2) is 12.5 Å². The van der Waals surface area contributed by atoms with Gasteiger partial charge in [0.1, 0.15) is 23.7 Å². The minimum atomic E-state index is -0.997. The molecule has 0 aromatic carbocycles. The van der Waals surface area contributed by atoms with Crippen LogP contribution in [0.5, 0.6) is 0 Å². The number of nitrogens with zero attached hydrogens (tertiary/aromatic N) is 5. The molecule has 0 spiro atoms. The Hall–Kier alpha value is -2.18. The lowest BCUT2D eigenvalue weighted by Gasteiger charge is -2.06. The SMILES string of the molecule is Cc1ncc(C(=O)O)n1Cc1ncnn1C. The van der Waals surface area contributed by atoms with E-state index in [0.717, 1.165) is 0 Å². The van der Waals surface area contributed by atoms with Crippen molar-refractivity contribution in [1.29, 1.82) is 0 Å². The van der Waals surface area contributed by atoms with Crippen LogP contribution >= 0.6 is 0 Å². The molecule has 1 N–H and O–H groups in total. The maximum absolute atomic E-state index is 10.9. The average Bonchev–Trinajstić information content (AvgIpc) is 2.76. The smallest absolute Gasteiger partial charge is 0.354 e. The minimum Gasteiger partial charge on any atom is -0.477 e. The lowest BCUT2D eigenvalue weighted by molar-refractivity contribution is 0.0685. The van der Waals surface area contributed by atoms with Crippen LogP contribution in [0.2, 0.25) is 0 Å². The van der Waals surface area contributed by atoms with Crippen LogP contribution in [0.25, 0.3) is 0 Å². The van der Waals surface area contributed by atoms with E-state index < -0.39 is 5.97 Å². The molecule has 16 heavy (non-hydrogen) atoms. The normalized spacial score (nSPS) is 10.6. The minimum absolute atomic E-state index is 0.153. The van der Waals surface area contributed by atoms with E-state index in [9.17, 15) is 4.79 Å². The molecule has 84 valence electrons. The first-order valence-electron chi connectivity index (χ1n) is 4.68. The summed E-state index contributed by atoms with van der Waals surface area (Å²) in [7, 11) is 1.76. The Balaban J connectivity index is 2.38. The summed E-state index contributed by atoms with van der Waals surface area (Å²) in [6, 6.07) is 0. The third-order valence-electron chi connectivity index (χ3n) is 2.38. The Morgan fingerprint density at radius 1 is 1.50 bits per heavy atom. The molecule has 7 heteroatoms. The molecule has 0 fully saturated rings. The third-order valence-corrected chi connectivity index (χ3v) is 2.38. The number of hydrogen-bond donors (Lipinski definition) is 1. The summed E-state index contributed by atoms with van der Waals surface area (Å²) in [6.07, 6.45) is 2.77. The van der Waals surface area contributed by atoms with E-state index in [1.54, 1.807) is 23.2 Å². The Kier molecular flexibility index (Phi) is 2.43. The number of aromatic nitrogens is 5. The summed E-state index contributed by atoms with van der Waals surface area (Å²) in [5.41, 5.74) is 0.153. The van der Waals surface area contributed by atoms with E-state index >= 15 is 0 Å². The Bertz CT molecular complexity index is 528. The van der Waals surface area contributed by atoms with Crippen LogP contribution in [-0.2, 0) is 13.6 Å². The predicted octanol–water partition coefficient (Wildman–Crippen LogP) is 0.0665. The van der Waals surface area contributed by atoms with Crippen LogP contribution in [0.3, 0.4) is 0 Å². The van der Waals surface area contributed by atoms with Gasteiger partial charge in [0, 0.05) is 7.05 Å². The molecule has 0 saturated heterocycles. The summed E-state index contributed by atoms with van der Waals surface area (Å²) in [5, 5.41) is 12.9. The molecule has 0 aliphatic heterocycles. The van der Waals surface area contributed by atoms with Gasteiger partial charge in [0.05, 0.1) is 12.7 Å². The van der Waals surface area contributed by atoms with E-state index in [2.05, 4.69) is 15.1 Å². The molecule has 0 atom stereocenters. The van der Waals surface area contributed by atoms with Gasteiger partial charge in [-0.05, 0) is 6.92 Å². The number of carbonyl (C=O) groups is 1. The van der Waals surface area contributed by atoms with Gasteiger partial charge in [-0.1, -0.05) is 0 Å². The van der Waals surface area contributed by atoms with Crippen molar-refractivity contribution in [3.63, 3.8) is 0 Å². The molecular formula is C9H11N5O2. The van der Waals surface area contributed by atoms with Crippen molar-refractivity contribution < 1.29 is 9.90 Å². The number of rotatable bonds is 3. The molecule has 2 rings (SSSR count). The number of aryl methyl sites for hydroxylation is 2. The fourth-order valence-corrected chi connectivity index (χ4v) is 1.44. The third kappa shape index (κ3) is 1.67. The van der Waals surface area contributed by atoms with Crippen molar-refractivity contribution in [2.75, 3.05) is 0 Å². The van der Waals surface area contributed by atoms with Gasteiger partial charge in [0.15, 0.2) is 0 Å². The summed E-state index contributed by atoms with van der Waals surface area (Å²) in [4.78, 5) is 19.0. The van der Waals surface area contributed by atoms with Crippen molar-refractivity contribution in [3.8, 4) is 0 Å². The highest BCUT2D eigenvalue weighted by molar-refractivity contribution is 5.85. The molecule has 0 unspecified atom stereocenters. The molecule has 2 aromatic rings. The molecular weight excluding hydrogens is 210 g/mol. The largest absolute Gasteiger partial charge is 0.477 e. The van der Waals surface area contributed by atoms with E-state index in [0.29, 0.717) is 18.2 Å². The number of carboxylic acid groups (broad SMARTS) is 1. The molecule has 2 aromatic heterocycles. The Morgan fingerprint density at radius 3 is 2.81 bits per heavy atom. The van der Waals surface area contributed by atoms with Gasteiger partial charge in [0.2, 0.25) is 0 Å². The fourth-order valence-electron chi connectivity index (χ4n) is 1.44. The van der Waals surface area contributed by atoms with Gasteiger partial charge < -0.3 is 9.67 Å². The zero-order valence-electron chi connectivity index (χ0n) is 8.95. The number of hydrogen-bond acceptors (Lipinski definition) is 4. The standard InChI is InChI=1S/C9H11N5O2/c1-6-10-3-7(9(15)16)14(6)4-8-11-5-12-13(8)2/h3,5H,4H2,1-2H3,(H,15,16). The maximum Gasteiger partial charge on any atom is 0.354 e. The van der Waals surface area contributed by atoms with E-state index in [-0.39, 0.29) is 5.69 Å². The zero-order valence-corrected chi connectivity index (χ0v) is 8.95. The summed E-state index contributed by atoms with van der Waals surface area (Å²) >= 11 is 0. The van der Waals surface area contributed by atoms with Gasteiger partial charge in [-0.2, -0.15) is 5.10 Å². The molecule has 0 bridgehead atoms. The van der Waals surface area contributed by atoms with E-state index in [1.165, 1.54) is 12.5 Å². The van der Waals surface area contributed by atoms with E-state index in [1.807, 2.05) is 0 Å². The quantitative estimate of drug-likeness (QED) is 0.792. The lowest BCUT2D eigenvalue weighted by atomic mass is 10.4. The second-order valence-corrected chi connectivity index (χ2v) is 3.38. The fraction of sp³-hybridized carbons (Fsp3) is 0.333. The maximum atomic E-state index is 10.9. The van der Waals surface area contributed by atoms with Crippen molar-refractivity contribution in [2.45, 2.75) is 13.5 Å². The first-order valence-corrected chi connectivity index (χ1v) is 4.68. The van der Waals surface area contributed by atoms with Crippen LogP contribution < -0.4 is 0 Å². The second-order valence-electron chi connectivity index (χ2n) is 3.38. The van der Waals surface area contributed by atoms with Gasteiger partial charge in [-0.3, -0.25) is 4.68 Å². The highest BCUT2D eigenvalue weighted by atomic mass is 16.4. The summed E-state index contributed by atoms with van der Waals surface area (Å²) < 4.78 is 3.19. The Morgan fingerprint density at radius 2 is 2.25 bits per heavy atom. The Labute approximate surface area is 91.4 Å². The molecule has 0 radical (unpaired) electrons. The molecule has 0 amide bonds. The van der Waals surface area contributed by atoms with Gasteiger partial charge in [-0.25, -0.2) is 14.8 Å². The van der Waals surface area contributed by atoms with Gasteiger partial charge in [0.25, 0.3) is 0 Å². The summed E-state index contributed by atoms with van der Waals surface area (Å²) in [5.74, 6) is 0.326. The number of carboxylic acids is 1. The first kappa shape index (κ1) is 10.3. The number of aromatic carboxylic acids is 1. The first-order chi connectivity index (χ1) is 7.59. The molecule has 7 nitrogen and oxygen atoms in total. The highest BCUT2D eigenvalue weighted by Gasteiger charge is 2.14. The van der Waals surface area contributed by atoms with Crippen molar-refractivity contribution in [1.82, 2.24) is 24.3 Å². The lowest BCUT2D eigenvalue weighted by Crippen LogP contribution is -2.13.